The van der Waals surface area contributed by atoms with Gasteiger partial charge in [0.15, 0.2) is 0 Å². The van der Waals surface area contributed by atoms with Gasteiger partial charge in [-0.2, -0.15) is 5.10 Å². The van der Waals surface area contributed by atoms with Gasteiger partial charge in [0.1, 0.15) is 5.60 Å². The molecular formula is C23H28N4O2. The molecule has 6 heteroatoms. The van der Waals surface area contributed by atoms with Gasteiger partial charge in [0.25, 0.3) is 0 Å². The third-order valence-corrected chi connectivity index (χ3v) is 5.05. The molecule has 1 atom stereocenters. The first kappa shape index (κ1) is 19.3. The lowest BCUT2D eigenvalue weighted by molar-refractivity contribution is 0.0293. The van der Waals surface area contributed by atoms with E-state index in [2.05, 4.69) is 46.8 Å². The van der Waals surface area contributed by atoms with Crippen LogP contribution in [0.25, 0.3) is 10.9 Å². The molecule has 4 rings (SSSR count). The first-order chi connectivity index (χ1) is 13.9. The lowest BCUT2D eigenvalue weighted by Crippen LogP contribution is -2.36. The molecule has 1 saturated heterocycles. The van der Waals surface area contributed by atoms with Crippen molar-refractivity contribution in [1.29, 1.82) is 0 Å². The molecule has 1 aliphatic rings. The van der Waals surface area contributed by atoms with Crippen LogP contribution in [0.3, 0.4) is 0 Å². The van der Waals surface area contributed by atoms with Gasteiger partial charge >= 0.3 is 6.09 Å². The van der Waals surface area contributed by atoms with Crippen molar-refractivity contribution in [3.63, 3.8) is 0 Å². The Hall–Kier alpha value is -3.02. The molecule has 1 aliphatic heterocycles. The molecule has 0 bridgehead atoms. The van der Waals surface area contributed by atoms with E-state index in [0.29, 0.717) is 6.54 Å². The molecule has 0 radical (unpaired) electrons. The predicted molar refractivity (Wildman–Crippen MR) is 115 cm³/mol. The van der Waals surface area contributed by atoms with E-state index in [9.17, 15) is 4.79 Å². The summed E-state index contributed by atoms with van der Waals surface area (Å²) in [5.41, 5.74) is 2.95. The minimum atomic E-state index is -0.460. The summed E-state index contributed by atoms with van der Waals surface area (Å²) in [5, 5.41) is 9.18. The van der Waals surface area contributed by atoms with E-state index in [1.807, 2.05) is 43.8 Å². The standard InChI is InChI=1S/C23H28N4O2/c1-23(2,3)29-22(28)26-13-12-20(16-26)25-19-10-8-17(9-11-19)15-27-21-7-5-4-6-18(21)14-24-27/h4-11,14,20,25H,12-13,15-16H2,1-3H3/t20-/m1/s1. The van der Waals surface area contributed by atoms with Crippen LogP contribution in [0.2, 0.25) is 0 Å². The molecule has 3 aromatic rings. The SMILES string of the molecule is CC(C)(C)OC(=O)N1CC[C@@H](Nc2ccc(Cn3ncc4ccccc43)cc2)C1. The minimum absolute atomic E-state index is 0.233. The maximum absolute atomic E-state index is 12.2. The van der Waals surface area contributed by atoms with E-state index in [1.165, 1.54) is 5.56 Å². The number of rotatable bonds is 4. The van der Waals surface area contributed by atoms with E-state index in [4.69, 9.17) is 4.74 Å². The topological polar surface area (TPSA) is 59.4 Å². The van der Waals surface area contributed by atoms with Gasteiger partial charge in [0.2, 0.25) is 0 Å². The Morgan fingerprint density at radius 2 is 1.93 bits per heavy atom. The van der Waals surface area contributed by atoms with Crippen molar-refractivity contribution in [3.05, 3.63) is 60.3 Å². The molecule has 1 fully saturated rings. The molecule has 6 nitrogen and oxygen atoms in total. The van der Waals surface area contributed by atoms with Crippen LogP contribution in [0.4, 0.5) is 10.5 Å². The number of anilines is 1. The molecule has 152 valence electrons. The number of hydrogen-bond acceptors (Lipinski definition) is 4. The normalized spacial score (nSPS) is 16.9. The van der Waals surface area contributed by atoms with Crippen molar-refractivity contribution in [2.75, 3.05) is 18.4 Å². The predicted octanol–water partition coefficient (Wildman–Crippen LogP) is 4.51. The number of amides is 1. The van der Waals surface area contributed by atoms with E-state index in [1.54, 1.807) is 4.90 Å². The van der Waals surface area contributed by atoms with Gasteiger partial charge in [-0.15, -0.1) is 0 Å². The van der Waals surface area contributed by atoms with Crippen LogP contribution < -0.4 is 5.32 Å². The second kappa shape index (κ2) is 7.78. The summed E-state index contributed by atoms with van der Waals surface area (Å²) >= 11 is 0. The first-order valence-corrected chi connectivity index (χ1v) is 10.1. The summed E-state index contributed by atoms with van der Waals surface area (Å²) in [5.74, 6) is 0. The molecule has 0 saturated carbocycles. The van der Waals surface area contributed by atoms with E-state index in [-0.39, 0.29) is 12.1 Å². The van der Waals surface area contributed by atoms with E-state index < -0.39 is 5.60 Å². The number of carbonyl (C=O) groups is 1. The van der Waals surface area contributed by atoms with Crippen LogP contribution >= 0.6 is 0 Å². The van der Waals surface area contributed by atoms with Crippen LogP contribution in [0.1, 0.15) is 32.8 Å². The van der Waals surface area contributed by atoms with Gasteiger partial charge in [-0.3, -0.25) is 4.68 Å². The Labute approximate surface area is 171 Å². The number of likely N-dealkylation sites (tertiary alicyclic amines) is 1. The van der Waals surface area contributed by atoms with Gasteiger partial charge in [-0.25, -0.2) is 4.79 Å². The third-order valence-electron chi connectivity index (χ3n) is 5.05. The Morgan fingerprint density at radius 3 is 2.69 bits per heavy atom. The lowest BCUT2D eigenvalue weighted by Gasteiger charge is -2.24. The molecule has 2 heterocycles. The highest BCUT2D eigenvalue weighted by atomic mass is 16.6. The van der Waals surface area contributed by atoms with E-state index >= 15 is 0 Å². The van der Waals surface area contributed by atoms with Crippen LogP contribution in [-0.2, 0) is 11.3 Å². The lowest BCUT2D eigenvalue weighted by atomic mass is 10.2. The summed E-state index contributed by atoms with van der Waals surface area (Å²) in [4.78, 5) is 14.0. The molecule has 1 aromatic heterocycles. The fourth-order valence-electron chi connectivity index (χ4n) is 3.64. The van der Waals surface area contributed by atoms with Crippen LogP contribution in [0.15, 0.2) is 54.7 Å². The Morgan fingerprint density at radius 1 is 1.17 bits per heavy atom. The zero-order valence-corrected chi connectivity index (χ0v) is 17.3. The molecular weight excluding hydrogens is 364 g/mol. The highest BCUT2D eigenvalue weighted by molar-refractivity contribution is 5.78. The number of fused-ring (bicyclic) bond motifs is 1. The van der Waals surface area contributed by atoms with Crippen molar-refractivity contribution in [2.45, 2.75) is 45.4 Å². The summed E-state index contributed by atoms with van der Waals surface area (Å²) in [6.45, 7) is 7.80. The minimum Gasteiger partial charge on any atom is -0.444 e. The fourth-order valence-corrected chi connectivity index (χ4v) is 3.64. The maximum Gasteiger partial charge on any atom is 0.410 e. The Bertz CT molecular complexity index is 988. The number of para-hydroxylation sites is 1. The molecule has 2 aromatic carbocycles. The van der Waals surface area contributed by atoms with Crippen LogP contribution in [-0.4, -0.2) is 45.5 Å². The Balaban J connectivity index is 1.34. The number of carbonyl (C=O) groups excluding carboxylic acids is 1. The van der Waals surface area contributed by atoms with Gasteiger partial charge in [-0.1, -0.05) is 30.3 Å². The number of nitrogens with zero attached hydrogens (tertiary/aromatic N) is 3. The smallest absolute Gasteiger partial charge is 0.410 e. The summed E-state index contributed by atoms with van der Waals surface area (Å²) in [6, 6.07) is 16.9. The summed E-state index contributed by atoms with van der Waals surface area (Å²) in [7, 11) is 0. The molecule has 1 amide bonds. The zero-order chi connectivity index (χ0) is 20.4. The Kier molecular flexibility index (Phi) is 5.18. The first-order valence-electron chi connectivity index (χ1n) is 10.1. The van der Waals surface area contributed by atoms with Gasteiger partial charge < -0.3 is 15.0 Å². The summed E-state index contributed by atoms with van der Waals surface area (Å²) in [6.07, 6.45) is 2.59. The summed E-state index contributed by atoms with van der Waals surface area (Å²) < 4.78 is 7.49. The number of aromatic nitrogens is 2. The second-order valence-corrected chi connectivity index (χ2v) is 8.61. The van der Waals surface area contributed by atoms with Crippen LogP contribution in [0.5, 0.6) is 0 Å². The molecule has 0 unspecified atom stereocenters. The van der Waals surface area contributed by atoms with Gasteiger partial charge in [-0.05, 0) is 51.0 Å². The van der Waals surface area contributed by atoms with Crippen molar-refractivity contribution in [1.82, 2.24) is 14.7 Å². The second-order valence-electron chi connectivity index (χ2n) is 8.61. The zero-order valence-electron chi connectivity index (χ0n) is 17.3. The number of ether oxygens (including phenoxy) is 1. The molecule has 1 N–H and O–H groups in total. The van der Waals surface area contributed by atoms with Gasteiger partial charge in [0.05, 0.1) is 18.3 Å². The molecule has 29 heavy (non-hydrogen) atoms. The quantitative estimate of drug-likeness (QED) is 0.710. The number of benzene rings is 2. The van der Waals surface area contributed by atoms with E-state index in [0.717, 1.165) is 36.1 Å². The largest absolute Gasteiger partial charge is 0.444 e. The van der Waals surface area contributed by atoms with Crippen molar-refractivity contribution < 1.29 is 9.53 Å². The highest BCUT2D eigenvalue weighted by Gasteiger charge is 2.29. The van der Waals surface area contributed by atoms with Gasteiger partial charge in [0, 0.05) is 30.2 Å². The van der Waals surface area contributed by atoms with Crippen molar-refractivity contribution in [3.8, 4) is 0 Å². The molecule has 0 spiro atoms. The van der Waals surface area contributed by atoms with Crippen molar-refractivity contribution >= 4 is 22.7 Å². The monoisotopic (exact) mass is 392 g/mol. The van der Waals surface area contributed by atoms with Crippen molar-refractivity contribution in [2.24, 2.45) is 0 Å². The highest BCUT2D eigenvalue weighted by Crippen LogP contribution is 2.20. The third kappa shape index (κ3) is 4.70. The average Bonchev–Trinajstić information content (AvgIpc) is 3.30. The maximum atomic E-state index is 12.2. The number of hydrogen-bond donors (Lipinski definition) is 1. The molecule has 0 aliphatic carbocycles. The average molecular weight is 393 g/mol. The van der Waals surface area contributed by atoms with Crippen LogP contribution in [0, 0.1) is 0 Å². The fraction of sp³-hybridized carbons (Fsp3) is 0.391. The number of nitrogens with one attached hydrogen (secondary N) is 1.